The van der Waals surface area contributed by atoms with Crippen molar-refractivity contribution in [1.29, 1.82) is 0 Å². The molecule has 0 saturated carbocycles. The second-order valence-corrected chi connectivity index (χ2v) is 6.33. The molecule has 1 amide bonds. The zero-order chi connectivity index (χ0) is 20.1. The van der Waals surface area contributed by atoms with Gasteiger partial charge < -0.3 is 24.8 Å². The highest BCUT2D eigenvalue weighted by Gasteiger charge is 2.14. The maximum Gasteiger partial charge on any atom is 0.274 e. The molecule has 2 aromatic carbocycles. The topological polar surface area (TPSA) is 81.7 Å². The Bertz CT molecular complexity index is 988. The van der Waals surface area contributed by atoms with Gasteiger partial charge in [0.15, 0.2) is 11.5 Å². The summed E-state index contributed by atoms with van der Waals surface area (Å²) in [4.78, 5) is 16.7. The van der Waals surface area contributed by atoms with Crippen LogP contribution in [0, 0.1) is 0 Å². The van der Waals surface area contributed by atoms with Crippen molar-refractivity contribution in [2.24, 2.45) is 0 Å². The van der Waals surface area contributed by atoms with Gasteiger partial charge in [-0.15, -0.1) is 0 Å². The van der Waals surface area contributed by atoms with E-state index in [1.807, 2.05) is 37.3 Å². The molecule has 1 aliphatic heterocycles. The van der Waals surface area contributed by atoms with Crippen LogP contribution in [-0.2, 0) is 0 Å². The predicted molar refractivity (Wildman–Crippen MR) is 111 cm³/mol. The third-order valence-electron chi connectivity index (χ3n) is 4.25. The molecule has 0 fully saturated rings. The Hall–Kier alpha value is -3.74. The van der Waals surface area contributed by atoms with Crippen molar-refractivity contribution in [3.8, 4) is 17.2 Å². The van der Waals surface area contributed by atoms with Crippen molar-refractivity contribution < 1.29 is 19.0 Å². The van der Waals surface area contributed by atoms with E-state index in [4.69, 9.17) is 14.2 Å². The number of carbonyl (C=O) groups is 1. The molecule has 7 nitrogen and oxygen atoms in total. The fourth-order valence-electron chi connectivity index (χ4n) is 2.89. The van der Waals surface area contributed by atoms with Crippen molar-refractivity contribution in [3.05, 3.63) is 66.5 Å². The van der Waals surface area contributed by atoms with E-state index in [1.54, 1.807) is 30.5 Å². The number of ether oxygens (including phenoxy) is 3. The molecule has 7 heteroatoms. The zero-order valence-electron chi connectivity index (χ0n) is 16.0. The Morgan fingerprint density at radius 3 is 2.41 bits per heavy atom. The minimum atomic E-state index is -0.297. The van der Waals surface area contributed by atoms with Gasteiger partial charge in [-0.05, 0) is 55.5 Å². The highest BCUT2D eigenvalue weighted by molar-refractivity contribution is 6.03. The van der Waals surface area contributed by atoms with Crippen molar-refractivity contribution in [1.82, 2.24) is 4.98 Å². The number of benzene rings is 2. The zero-order valence-corrected chi connectivity index (χ0v) is 16.0. The summed E-state index contributed by atoms with van der Waals surface area (Å²) in [6.07, 6.45) is 1.62. The fourth-order valence-corrected chi connectivity index (χ4v) is 2.89. The molecule has 0 atom stereocenters. The van der Waals surface area contributed by atoms with Crippen LogP contribution >= 0.6 is 0 Å². The summed E-state index contributed by atoms with van der Waals surface area (Å²) in [5.41, 5.74) is 2.63. The van der Waals surface area contributed by atoms with Crippen LogP contribution in [0.25, 0.3) is 0 Å². The molecule has 0 radical (unpaired) electrons. The maximum atomic E-state index is 12.5. The number of amides is 1. The minimum Gasteiger partial charge on any atom is -0.494 e. The van der Waals surface area contributed by atoms with E-state index in [9.17, 15) is 4.79 Å². The molecule has 4 rings (SSSR count). The molecule has 2 heterocycles. The lowest BCUT2D eigenvalue weighted by Crippen LogP contribution is -2.17. The van der Waals surface area contributed by atoms with Crippen LogP contribution in [0.3, 0.4) is 0 Å². The highest BCUT2D eigenvalue weighted by atomic mass is 16.6. The molecule has 1 aliphatic rings. The van der Waals surface area contributed by atoms with E-state index in [0.29, 0.717) is 42.7 Å². The quantitative estimate of drug-likeness (QED) is 0.654. The van der Waals surface area contributed by atoms with Crippen LogP contribution in [0.5, 0.6) is 17.2 Å². The molecule has 0 spiro atoms. The second-order valence-electron chi connectivity index (χ2n) is 6.33. The average molecular weight is 391 g/mol. The van der Waals surface area contributed by atoms with Gasteiger partial charge in [0.2, 0.25) is 0 Å². The van der Waals surface area contributed by atoms with Gasteiger partial charge in [-0.3, -0.25) is 4.79 Å². The Morgan fingerprint density at radius 1 is 0.966 bits per heavy atom. The first-order valence-corrected chi connectivity index (χ1v) is 9.38. The van der Waals surface area contributed by atoms with Gasteiger partial charge in [0, 0.05) is 17.4 Å². The summed E-state index contributed by atoms with van der Waals surface area (Å²) in [5, 5.41) is 6.07. The largest absolute Gasteiger partial charge is 0.494 e. The summed E-state index contributed by atoms with van der Waals surface area (Å²) in [7, 11) is 0. The Balaban J connectivity index is 1.38. The van der Waals surface area contributed by atoms with E-state index in [0.717, 1.165) is 17.1 Å². The summed E-state index contributed by atoms with van der Waals surface area (Å²) >= 11 is 0. The van der Waals surface area contributed by atoms with Crippen LogP contribution in [0.15, 0.2) is 60.8 Å². The van der Waals surface area contributed by atoms with Gasteiger partial charge in [0.25, 0.3) is 5.91 Å². The summed E-state index contributed by atoms with van der Waals surface area (Å²) < 4.78 is 16.5. The van der Waals surface area contributed by atoms with Crippen LogP contribution in [0.4, 0.5) is 17.1 Å². The van der Waals surface area contributed by atoms with E-state index in [-0.39, 0.29) is 5.91 Å². The monoisotopic (exact) mass is 391 g/mol. The standard InChI is InChI=1S/C22H21N3O4/c1-2-27-18-7-3-15(4-8-18)24-17-5-9-19(23-14-17)22(26)25-16-6-10-20-21(13-16)29-12-11-28-20/h3-10,13-14,24H,2,11-12H2,1H3,(H,25,26). The number of nitrogens with one attached hydrogen (secondary N) is 2. The molecule has 148 valence electrons. The van der Waals surface area contributed by atoms with Crippen LogP contribution in [0.2, 0.25) is 0 Å². The maximum absolute atomic E-state index is 12.5. The number of pyridine rings is 1. The van der Waals surface area contributed by atoms with E-state index < -0.39 is 0 Å². The van der Waals surface area contributed by atoms with Gasteiger partial charge in [-0.25, -0.2) is 4.98 Å². The molecule has 0 aliphatic carbocycles. The lowest BCUT2D eigenvalue weighted by Gasteiger charge is -2.19. The number of aromatic nitrogens is 1. The number of hydrogen-bond acceptors (Lipinski definition) is 6. The minimum absolute atomic E-state index is 0.297. The number of anilines is 3. The van der Waals surface area contributed by atoms with E-state index in [1.165, 1.54) is 0 Å². The summed E-state index contributed by atoms with van der Waals surface area (Å²) in [6, 6.07) is 16.4. The normalized spacial score (nSPS) is 12.2. The lowest BCUT2D eigenvalue weighted by molar-refractivity contribution is 0.102. The molecule has 1 aromatic heterocycles. The third-order valence-corrected chi connectivity index (χ3v) is 4.25. The van der Waals surface area contributed by atoms with E-state index >= 15 is 0 Å². The predicted octanol–water partition coefficient (Wildman–Crippen LogP) is 4.25. The van der Waals surface area contributed by atoms with Gasteiger partial charge in [0.05, 0.1) is 18.5 Å². The molecule has 2 N–H and O–H groups in total. The number of carbonyl (C=O) groups excluding carboxylic acids is 1. The molecule has 0 unspecified atom stereocenters. The summed E-state index contributed by atoms with van der Waals surface area (Å²) in [6.45, 7) is 3.60. The molecule has 3 aromatic rings. The molecular weight excluding hydrogens is 370 g/mol. The first-order chi connectivity index (χ1) is 14.2. The molecular formula is C22H21N3O4. The SMILES string of the molecule is CCOc1ccc(Nc2ccc(C(=O)Nc3ccc4c(c3)OCCO4)nc2)cc1. The molecule has 0 bridgehead atoms. The van der Waals surface area contributed by atoms with Crippen molar-refractivity contribution in [2.75, 3.05) is 30.5 Å². The highest BCUT2D eigenvalue weighted by Crippen LogP contribution is 2.32. The van der Waals surface area contributed by atoms with E-state index in [2.05, 4.69) is 15.6 Å². The third kappa shape index (κ3) is 4.57. The molecule has 0 saturated heterocycles. The van der Waals surface area contributed by atoms with Crippen LogP contribution in [-0.4, -0.2) is 30.7 Å². The average Bonchev–Trinajstić information content (AvgIpc) is 2.76. The van der Waals surface area contributed by atoms with Crippen molar-refractivity contribution >= 4 is 23.0 Å². The number of rotatable bonds is 6. The Kier molecular flexibility index (Phi) is 5.47. The smallest absolute Gasteiger partial charge is 0.274 e. The van der Waals surface area contributed by atoms with Crippen molar-refractivity contribution in [3.63, 3.8) is 0 Å². The van der Waals surface area contributed by atoms with Gasteiger partial charge in [-0.2, -0.15) is 0 Å². The van der Waals surface area contributed by atoms with Gasteiger partial charge in [0.1, 0.15) is 24.7 Å². The summed E-state index contributed by atoms with van der Waals surface area (Å²) in [5.74, 6) is 1.82. The number of fused-ring (bicyclic) bond motifs is 1. The fraction of sp³-hybridized carbons (Fsp3) is 0.182. The second kappa shape index (κ2) is 8.52. The molecule has 29 heavy (non-hydrogen) atoms. The van der Waals surface area contributed by atoms with Crippen LogP contribution < -0.4 is 24.8 Å². The first kappa shape index (κ1) is 18.6. The number of nitrogens with zero attached hydrogens (tertiary/aromatic N) is 1. The Labute approximate surface area is 168 Å². The lowest BCUT2D eigenvalue weighted by atomic mass is 10.2. The van der Waals surface area contributed by atoms with Gasteiger partial charge >= 0.3 is 0 Å². The van der Waals surface area contributed by atoms with Gasteiger partial charge in [-0.1, -0.05) is 0 Å². The Morgan fingerprint density at radius 2 is 1.69 bits per heavy atom. The number of hydrogen-bond donors (Lipinski definition) is 2. The van der Waals surface area contributed by atoms with Crippen molar-refractivity contribution in [2.45, 2.75) is 6.92 Å². The first-order valence-electron chi connectivity index (χ1n) is 9.38. The van der Waals surface area contributed by atoms with Crippen LogP contribution in [0.1, 0.15) is 17.4 Å².